The van der Waals surface area contributed by atoms with Gasteiger partial charge in [-0.1, -0.05) is 13.3 Å². The van der Waals surface area contributed by atoms with Crippen LogP contribution < -0.4 is 21.3 Å². The van der Waals surface area contributed by atoms with Crippen LogP contribution in [0.5, 0.6) is 0 Å². The first-order valence-electron chi connectivity index (χ1n) is 9.56. The summed E-state index contributed by atoms with van der Waals surface area (Å²) < 4.78 is 0. The SMILES string of the molecule is CCCc1cc(N2CCC(NC(C)=O)C2)nc(Nc2ccc(N)c([N+](=O)[O-])c2)n1.Cl. The highest BCUT2D eigenvalue weighted by atomic mass is 35.5. The minimum absolute atomic E-state index is 0. The average Bonchev–Trinajstić information content (AvgIpc) is 3.11. The molecule has 0 spiro atoms. The molecule has 0 bridgehead atoms. The van der Waals surface area contributed by atoms with Gasteiger partial charge in [-0.2, -0.15) is 4.98 Å². The van der Waals surface area contributed by atoms with E-state index in [0.29, 0.717) is 18.2 Å². The van der Waals surface area contributed by atoms with Crippen molar-refractivity contribution in [1.82, 2.24) is 15.3 Å². The number of hydrogen-bond acceptors (Lipinski definition) is 8. The first kappa shape index (κ1) is 23.1. The van der Waals surface area contributed by atoms with E-state index in [1.54, 1.807) is 6.07 Å². The van der Waals surface area contributed by atoms with Crippen molar-refractivity contribution in [3.8, 4) is 0 Å². The maximum absolute atomic E-state index is 11.3. The highest BCUT2D eigenvalue weighted by molar-refractivity contribution is 5.85. The van der Waals surface area contributed by atoms with E-state index in [9.17, 15) is 14.9 Å². The fourth-order valence-corrected chi connectivity index (χ4v) is 3.37. The van der Waals surface area contributed by atoms with Gasteiger partial charge in [0.15, 0.2) is 0 Å². The molecule has 1 aliphatic heterocycles. The highest BCUT2D eigenvalue weighted by Crippen LogP contribution is 2.27. The summed E-state index contributed by atoms with van der Waals surface area (Å²) in [6.45, 7) is 5.04. The first-order chi connectivity index (χ1) is 13.9. The van der Waals surface area contributed by atoms with E-state index in [2.05, 4.69) is 32.4 Å². The molecule has 1 unspecified atom stereocenters. The lowest BCUT2D eigenvalue weighted by atomic mass is 10.2. The molecular formula is C19H26ClN7O3. The van der Waals surface area contributed by atoms with Crippen LogP contribution in [0.4, 0.5) is 28.8 Å². The van der Waals surface area contributed by atoms with Crippen molar-refractivity contribution in [2.75, 3.05) is 29.0 Å². The van der Waals surface area contributed by atoms with Crippen LogP contribution in [0, 0.1) is 10.1 Å². The van der Waals surface area contributed by atoms with Gasteiger partial charge >= 0.3 is 0 Å². The molecule has 0 radical (unpaired) electrons. The van der Waals surface area contributed by atoms with Gasteiger partial charge in [0.2, 0.25) is 11.9 Å². The highest BCUT2D eigenvalue weighted by Gasteiger charge is 2.25. The fraction of sp³-hybridized carbons (Fsp3) is 0.421. The molecular weight excluding hydrogens is 410 g/mol. The smallest absolute Gasteiger partial charge is 0.294 e. The molecule has 10 nitrogen and oxygen atoms in total. The van der Waals surface area contributed by atoms with E-state index >= 15 is 0 Å². The van der Waals surface area contributed by atoms with Gasteiger partial charge in [0.1, 0.15) is 11.5 Å². The molecule has 4 N–H and O–H groups in total. The number of anilines is 4. The lowest BCUT2D eigenvalue weighted by Gasteiger charge is -2.19. The van der Waals surface area contributed by atoms with Gasteiger partial charge in [-0.25, -0.2) is 4.98 Å². The van der Waals surface area contributed by atoms with Crippen molar-refractivity contribution >= 4 is 47.1 Å². The van der Waals surface area contributed by atoms with Crippen LogP contribution in [0.2, 0.25) is 0 Å². The topological polar surface area (TPSA) is 139 Å². The maximum Gasteiger partial charge on any atom is 0.294 e. The predicted molar refractivity (Wildman–Crippen MR) is 119 cm³/mol. The second kappa shape index (κ2) is 10.1. The maximum atomic E-state index is 11.3. The lowest BCUT2D eigenvalue weighted by molar-refractivity contribution is -0.383. The number of nitrogens with zero attached hydrogens (tertiary/aromatic N) is 4. The third-order valence-corrected chi connectivity index (χ3v) is 4.67. The van der Waals surface area contributed by atoms with Crippen molar-refractivity contribution in [3.05, 3.63) is 40.1 Å². The Hall–Kier alpha value is -3.14. The van der Waals surface area contributed by atoms with Crippen LogP contribution in [0.25, 0.3) is 0 Å². The van der Waals surface area contributed by atoms with Crippen molar-refractivity contribution in [2.45, 2.75) is 39.2 Å². The Morgan fingerprint density at radius 1 is 1.37 bits per heavy atom. The molecule has 11 heteroatoms. The second-order valence-electron chi connectivity index (χ2n) is 7.08. The number of halogens is 1. The number of rotatable bonds is 7. The van der Waals surface area contributed by atoms with Crippen LogP contribution in [0.15, 0.2) is 24.3 Å². The molecule has 1 amide bonds. The molecule has 0 aliphatic carbocycles. The average molecular weight is 436 g/mol. The number of carbonyl (C=O) groups is 1. The third-order valence-electron chi connectivity index (χ3n) is 4.67. The van der Waals surface area contributed by atoms with E-state index in [0.717, 1.165) is 37.3 Å². The molecule has 30 heavy (non-hydrogen) atoms. The van der Waals surface area contributed by atoms with E-state index < -0.39 is 4.92 Å². The molecule has 2 aromatic rings. The Bertz CT molecular complexity index is 925. The molecule has 2 heterocycles. The Labute approximate surface area is 180 Å². The number of nitrogens with one attached hydrogen (secondary N) is 2. The number of nitrogen functional groups attached to an aromatic ring is 1. The van der Waals surface area contributed by atoms with Gasteiger partial charge in [-0.05, 0) is 25.0 Å². The summed E-state index contributed by atoms with van der Waals surface area (Å²) in [5.41, 5.74) is 6.97. The van der Waals surface area contributed by atoms with E-state index in [1.165, 1.54) is 19.1 Å². The van der Waals surface area contributed by atoms with Crippen LogP contribution in [0.1, 0.15) is 32.4 Å². The van der Waals surface area contributed by atoms with Crippen molar-refractivity contribution in [1.29, 1.82) is 0 Å². The summed E-state index contributed by atoms with van der Waals surface area (Å²) in [6, 6.07) is 6.55. The van der Waals surface area contributed by atoms with Gasteiger partial charge in [0.05, 0.1) is 4.92 Å². The van der Waals surface area contributed by atoms with Crippen LogP contribution >= 0.6 is 12.4 Å². The standard InChI is InChI=1S/C19H25N7O3.ClH/c1-3-4-13-10-18(25-8-7-15(11-25)21-12(2)27)24-19(22-13)23-14-5-6-16(20)17(9-14)26(28)29;/h5-6,9-10,15H,3-4,7-8,11,20H2,1-2H3,(H,21,27)(H,22,23,24);1H. The van der Waals surface area contributed by atoms with Gasteiger partial charge in [-0.15, -0.1) is 12.4 Å². The molecule has 3 rings (SSSR count). The van der Waals surface area contributed by atoms with Crippen LogP contribution in [-0.2, 0) is 11.2 Å². The Balaban J connectivity index is 0.00000320. The van der Waals surface area contributed by atoms with Gasteiger partial charge in [-0.3, -0.25) is 14.9 Å². The molecule has 1 aliphatic rings. The number of nitrogens with two attached hydrogens (primary N) is 1. The molecule has 1 aromatic heterocycles. The van der Waals surface area contributed by atoms with E-state index in [4.69, 9.17) is 5.73 Å². The number of amides is 1. The first-order valence-corrected chi connectivity index (χ1v) is 9.56. The predicted octanol–water partition coefficient (Wildman–Crippen LogP) is 2.80. The lowest BCUT2D eigenvalue weighted by Crippen LogP contribution is -2.35. The molecule has 1 atom stereocenters. The molecule has 162 valence electrons. The van der Waals surface area contributed by atoms with E-state index in [1.807, 2.05) is 6.07 Å². The molecule has 1 saturated heterocycles. The number of benzene rings is 1. The van der Waals surface area contributed by atoms with Gasteiger partial charge in [0.25, 0.3) is 5.69 Å². The Morgan fingerprint density at radius 2 is 2.13 bits per heavy atom. The van der Waals surface area contributed by atoms with Gasteiger partial charge in [0, 0.05) is 49.6 Å². The summed E-state index contributed by atoms with van der Waals surface area (Å²) >= 11 is 0. The number of aryl methyl sites for hydroxylation is 1. The summed E-state index contributed by atoms with van der Waals surface area (Å²) in [5.74, 6) is 1.09. The minimum Gasteiger partial charge on any atom is -0.393 e. The van der Waals surface area contributed by atoms with Crippen molar-refractivity contribution < 1.29 is 9.72 Å². The largest absolute Gasteiger partial charge is 0.393 e. The zero-order valence-electron chi connectivity index (χ0n) is 16.9. The normalized spacial score (nSPS) is 15.4. The number of carbonyl (C=O) groups excluding carboxylic acids is 1. The quantitative estimate of drug-likeness (QED) is 0.342. The van der Waals surface area contributed by atoms with E-state index in [-0.39, 0.29) is 35.7 Å². The summed E-state index contributed by atoms with van der Waals surface area (Å²) in [5, 5.41) is 17.1. The van der Waals surface area contributed by atoms with Crippen molar-refractivity contribution in [2.24, 2.45) is 0 Å². The zero-order valence-corrected chi connectivity index (χ0v) is 17.7. The zero-order chi connectivity index (χ0) is 21.0. The molecule has 1 fully saturated rings. The molecule has 0 saturated carbocycles. The number of nitro groups is 1. The van der Waals surface area contributed by atoms with Crippen molar-refractivity contribution in [3.63, 3.8) is 0 Å². The summed E-state index contributed by atoms with van der Waals surface area (Å²) in [6.07, 6.45) is 2.56. The monoisotopic (exact) mass is 435 g/mol. The summed E-state index contributed by atoms with van der Waals surface area (Å²) in [7, 11) is 0. The summed E-state index contributed by atoms with van der Waals surface area (Å²) in [4.78, 5) is 33.2. The Kier molecular flexibility index (Phi) is 7.76. The van der Waals surface area contributed by atoms with Crippen LogP contribution in [0.3, 0.4) is 0 Å². The van der Waals surface area contributed by atoms with Gasteiger partial charge < -0.3 is 21.3 Å². The second-order valence-corrected chi connectivity index (χ2v) is 7.08. The number of nitro benzene ring substituents is 1. The number of hydrogen-bond donors (Lipinski definition) is 3. The molecule has 1 aromatic carbocycles. The Morgan fingerprint density at radius 3 is 2.80 bits per heavy atom. The minimum atomic E-state index is -0.521. The third kappa shape index (κ3) is 5.69. The number of aromatic nitrogens is 2. The van der Waals surface area contributed by atoms with Crippen LogP contribution in [-0.4, -0.2) is 39.9 Å². The fourth-order valence-electron chi connectivity index (χ4n) is 3.37.